The molecule has 1 aromatic carbocycles. The molecular formula is C19H29IN6OS. The van der Waals surface area contributed by atoms with Crippen molar-refractivity contribution in [3.05, 3.63) is 41.5 Å². The van der Waals surface area contributed by atoms with Gasteiger partial charge in [-0.3, -0.25) is 0 Å². The Labute approximate surface area is 188 Å². The number of aromatic nitrogens is 3. The molecular weight excluding hydrogens is 487 g/mol. The van der Waals surface area contributed by atoms with Crippen LogP contribution in [0.4, 0.5) is 0 Å². The maximum atomic E-state index is 5.77. The van der Waals surface area contributed by atoms with Crippen molar-refractivity contribution >= 4 is 41.7 Å². The van der Waals surface area contributed by atoms with E-state index in [1.54, 1.807) is 0 Å². The number of hydrogen-bond donors (Lipinski definition) is 2. The highest BCUT2D eigenvalue weighted by molar-refractivity contribution is 14.0. The first kappa shape index (κ1) is 22.8. The Morgan fingerprint density at radius 2 is 2.18 bits per heavy atom. The van der Waals surface area contributed by atoms with Crippen LogP contribution in [0.3, 0.4) is 0 Å². The highest BCUT2D eigenvalue weighted by Crippen LogP contribution is 2.31. The lowest BCUT2D eigenvalue weighted by Crippen LogP contribution is -2.43. The number of aryl methyl sites for hydroxylation is 1. The van der Waals surface area contributed by atoms with Crippen LogP contribution < -0.4 is 15.4 Å². The second-order valence-corrected chi connectivity index (χ2v) is 7.96. The van der Waals surface area contributed by atoms with Gasteiger partial charge >= 0.3 is 0 Å². The zero-order chi connectivity index (χ0) is 19.2. The fourth-order valence-corrected chi connectivity index (χ4v) is 3.12. The molecule has 9 heteroatoms. The molecule has 1 aliphatic heterocycles. The monoisotopic (exact) mass is 516 g/mol. The molecule has 0 spiro atoms. The van der Waals surface area contributed by atoms with Gasteiger partial charge in [0.1, 0.15) is 18.1 Å². The average Bonchev–Trinajstić information content (AvgIpc) is 3.02. The molecule has 0 saturated carbocycles. The quantitative estimate of drug-likeness (QED) is 0.349. The van der Waals surface area contributed by atoms with Gasteiger partial charge in [-0.15, -0.1) is 34.2 Å². The third-order valence-electron chi connectivity index (χ3n) is 4.79. The number of nitrogens with zero attached hydrogens (tertiary/aromatic N) is 4. The number of hydrogen-bond acceptors (Lipinski definition) is 5. The molecule has 2 unspecified atom stereocenters. The van der Waals surface area contributed by atoms with Crippen molar-refractivity contribution in [1.82, 2.24) is 25.4 Å². The third kappa shape index (κ3) is 5.76. The van der Waals surface area contributed by atoms with Crippen LogP contribution in [-0.2, 0) is 13.6 Å². The van der Waals surface area contributed by atoms with E-state index in [1.165, 1.54) is 5.56 Å². The molecule has 1 aliphatic rings. The van der Waals surface area contributed by atoms with E-state index in [0.717, 1.165) is 36.3 Å². The maximum absolute atomic E-state index is 5.77. The molecule has 0 bridgehead atoms. The van der Waals surface area contributed by atoms with Crippen LogP contribution in [0.15, 0.2) is 29.3 Å². The Balaban J connectivity index is 0.00000280. The van der Waals surface area contributed by atoms with E-state index in [4.69, 9.17) is 9.73 Å². The summed E-state index contributed by atoms with van der Waals surface area (Å²) >= 11 is 1.83. The van der Waals surface area contributed by atoms with Crippen LogP contribution in [0.25, 0.3) is 0 Å². The number of ether oxygens (including phenoxy) is 1. The summed E-state index contributed by atoms with van der Waals surface area (Å²) in [7, 11) is 1.96. The predicted octanol–water partition coefficient (Wildman–Crippen LogP) is 3.05. The lowest BCUT2D eigenvalue weighted by Gasteiger charge is -2.28. The average molecular weight is 516 g/mol. The van der Waals surface area contributed by atoms with E-state index in [1.807, 2.05) is 48.5 Å². The first-order valence-electron chi connectivity index (χ1n) is 9.22. The van der Waals surface area contributed by atoms with Crippen molar-refractivity contribution in [2.24, 2.45) is 12.0 Å². The number of nitrogens with one attached hydrogen (secondary N) is 2. The van der Waals surface area contributed by atoms with Crippen LogP contribution in [0.2, 0.25) is 0 Å². The molecule has 0 saturated heterocycles. The fourth-order valence-electron chi connectivity index (χ4n) is 2.87. The number of guanidine groups is 1. The normalized spacial score (nSPS) is 17.1. The number of fused-ring (bicyclic) bond motifs is 1. The summed E-state index contributed by atoms with van der Waals surface area (Å²) in [6.07, 6.45) is 3.02. The molecule has 0 fully saturated rings. The highest BCUT2D eigenvalue weighted by atomic mass is 127. The maximum Gasteiger partial charge on any atom is 0.192 e. The Hall–Kier alpha value is -1.49. The second kappa shape index (κ2) is 10.9. The van der Waals surface area contributed by atoms with Gasteiger partial charge < -0.3 is 19.9 Å². The second-order valence-electron chi connectivity index (χ2n) is 6.69. The fraction of sp³-hybridized carbons (Fsp3) is 0.526. The van der Waals surface area contributed by atoms with Gasteiger partial charge in [0.15, 0.2) is 11.8 Å². The summed E-state index contributed by atoms with van der Waals surface area (Å²) in [5, 5.41) is 15.9. The number of thioether (sulfide) groups is 1. The molecule has 3 rings (SSSR count). The van der Waals surface area contributed by atoms with Crippen LogP contribution in [-0.4, -0.2) is 45.4 Å². The Morgan fingerprint density at radius 3 is 2.89 bits per heavy atom. The minimum absolute atomic E-state index is 0. The topological polar surface area (TPSA) is 76.4 Å². The van der Waals surface area contributed by atoms with E-state index in [0.29, 0.717) is 18.4 Å². The molecule has 7 nitrogen and oxygen atoms in total. The van der Waals surface area contributed by atoms with E-state index < -0.39 is 0 Å². The minimum atomic E-state index is 0. The Bertz CT molecular complexity index is 796. The molecule has 0 aliphatic carbocycles. The van der Waals surface area contributed by atoms with Gasteiger partial charge in [0.25, 0.3) is 0 Å². The SMILES string of the molecule is CSC(C)CNC(=NCc1nnc(C)n1C)NC1CCOc2ccccc21.I. The summed E-state index contributed by atoms with van der Waals surface area (Å²) in [4.78, 5) is 4.76. The van der Waals surface area contributed by atoms with Crippen LogP contribution >= 0.6 is 35.7 Å². The van der Waals surface area contributed by atoms with Crippen LogP contribution in [0.1, 0.15) is 36.6 Å². The first-order chi connectivity index (χ1) is 13.1. The summed E-state index contributed by atoms with van der Waals surface area (Å²) in [6.45, 7) is 6.16. The molecule has 1 aromatic heterocycles. The van der Waals surface area contributed by atoms with Gasteiger partial charge in [-0.05, 0) is 19.2 Å². The highest BCUT2D eigenvalue weighted by Gasteiger charge is 2.22. The Morgan fingerprint density at radius 1 is 1.39 bits per heavy atom. The number of rotatable bonds is 6. The third-order valence-corrected chi connectivity index (χ3v) is 5.76. The first-order valence-corrected chi connectivity index (χ1v) is 10.5. The van der Waals surface area contributed by atoms with E-state index >= 15 is 0 Å². The predicted molar refractivity (Wildman–Crippen MR) is 126 cm³/mol. The van der Waals surface area contributed by atoms with E-state index in [-0.39, 0.29) is 30.0 Å². The van der Waals surface area contributed by atoms with E-state index in [9.17, 15) is 0 Å². The van der Waals surface area contributed by atoms with E-state index in [2.05, 4.69) is 40.1 Å². The van der Waals surface area contributed by atoms with Crippen molar-refractivity contribution in [3.8, 4) is 5.75 Å². The zero-order valence-corrected chi connectivity index (χ0v) is 20.0. The summed E-state index contributed by atoms with van der Waals surface area (Å²) in [5.74, 6) is 3.47. The van der Waals surface area contributed by atoms with Gasteiger partial charge in [-0.2, -0.15) is 11.8 Å². The van der Waals surface area contributed by atoms with Crippen molar-refractivity contribution in [2.45, 2.75) is 38.1 Å². The largest absolute Gasteiger partial charge is 0.493 e. The van der Waals surface area contributed by atoms with Crippen LogP contribution in [0.5, 0.6) is 5.75 Å². The van der Waals surface area contributed by atoms with Crippen molar-refractivity contribution < 1.29 is 4.74 Å². The summed E-state index contributed by atoms with van der Waals surface area (Å²) in [5.41, 5.74) is 1.17. The molecule has 2 N–H and O–H groups in total. The lowest BCUT2D eigenvalue weighted by molar-refractivity contribution is 0.261. The van der Waals surface area contributed by atoms with Crippen molar-refractivity contribution in [1.29, 1.82) is 0 Å². The smallest absolute Gasteiger partial charge is 0.192 e. The molecule has 2 aromatic rings. The minimum Gasteiger partial charge on any atom is -0.493 e. The molecule has 154 valence electrons. The molecule has 2 heterocycles. The molecule has 28 heavy (non-hydrogen) atoms. The van der Waals surface area contributed by atoms with Crippen molar-refractivity contribution in [2.75, 3.05) is 19.4 Å². The molecule has 0 amide bonds. The van der Waals surface area contributed by atoms with Gasteiger partial charge in [0.2, 0.25) is 0 Å². The lowest BCUT2D eigenvalue weighted by atomic mass is 10.0. The molecule has 2 atom stereocenters. The molecule has 0 radical (unpaired) electrons. The number of para-hydroxylation sites is 1. The standard InChI is InChI=1S/C19H28N6OS.HI/c1-13(27-4)11-20-19(21-12-18-24-23-14(2)25(18)3)22-16-9-10-26-17-8-6-5-7-15(16)17;/h5-8,13,16H,9-12H2,1-4H3,(H2,20,21,22);1H. The number of benzene rings is 1. The van der Waals surface area contributed by atoms with Gasteiger partial charge in [0, 0.05) is 30.8 Å². The van der Waals surface area contributed by atoms with Crippen LogP contribution in [0, 0.1) is 6.92 Å². The number of aliphatic imine (C=N–C) groups is 1. The van der Waals surface area contributed by atoms with Gasteiger partial charge in [0.05, 0.1) is 12.6 Å². The number of halogens is 1. The van der Waals surface area contributed by atoms with Gasteiger partial charge in [-0.1, -0.05) is 25.1 Å². The Kier molecular flexibility index (Phi) is 8.87. The van der Waals surface area contributed by atoms with Crippen molar-refractivity contribution in [3.63, 3.8) is 0 Å². The van der Waals surface area contributed by atoms with Gasteiger partial charge in [-0.25, -0.2) is 4.99 Å². The summed E-state index contributed by atoms with van der Waals surface area (Å²) in [6, 6.07) is 8.36. The zero-order valence-electron chi connectivity index (χ0n) is 16.8. The summed E-state index contributed by atoms with van der Waals surface area (Å²) < 4.78 is 7.74.